The molecule has 6 aliphatic heterocycles. The number of aryl methyl sites for hydroxylation is 3. The summed E-state index contributed by atoms with van der Waals surface area (Å²) in [5.41, 5.74) is 8.73. The Labute approximate surface area is 909 Å². The third kappa shape index (κ3) is 16.9. The first-order valence-electron chi connectivity index (χ1n) is 14.6. The standard InChI is InChI=1S/C36H17N8.21Y/c1-17-9-6-14-22-25(17)33-39-32-24-16-8-11-19(3)27(24)35-40-34-26-18(2)10-7-15-23(26)31-38-29-21-13-5-4-12-20(21)28-37-30(22)42(33)36(41(28)29,43(31)34)44(32)35;;;;;;;;;;;;;;;;;;;;;/h4-11H,1-3H3;;;;;;;;;;;;;;;;;;;;;/q-3;;;;;;;;;;;;;;;;;;;;;/t36-;;;;;;;;;;;;;;;;;;;;;/m0...................../s1. The summed E-state index contributed by atoms with van der Waals surface area (Å²) < 4.78 is 9.11. The molecule has 0 fully saturated rings. The summed E-state index contributed by atoms with van der Waals surface area (Å²) in [7, 11) is 0. The molecule has 65 heavy (non-hydrogen) atoms. The minimum atomic E-state index is -1.05. The van der Waals surface area contributed by atoms with Crippen molar-refractivity contribution in [3.05, 3.63) is 129 Å². The molecule has 0 amide bonds. The van der Waals surface area contributed by atoms with E-state index in [1.165, 1.54) is 0 Å². The summed E-state index contributed by atoms with van der Waals surface area (Å²) in [4.78, 5) is 21.7. The number of hydrogen-bond donors (Lipinski definition) is 0. The molecule has 0 unspecified atom stereocenters. The van der Waals surface area contributed by atoms with Crippen LogP contribution in [-0.4, -0.2) is 41.6 Å². The molecule has 6 aromatic rings. The number of rotatable bonds is 0. The van der Waals surface area contributed by atoms with Crippen molar-refractivity contribution in [3.8, 4) is 0 Å². The first-order chi connectivity index (χ1) is 21.6. The Kier molecular flexibility index (Phi) is 70.5. The van der Waals surface area contributed by atoms with Crippen LogP contribution in [0, 0.1) is 51.1 Å². The van der Waals surface area contributed by atoms with Crippen LogP contribution in [0.25, 0.3) is 21.5 Å². The van der Waals surface area contributed by atoms with Gasteiger partial charge in [0, 0.05) is 687 Å². The first-order valence-corrected chi connectivity index (χ1v) is 14.6. The van der Waals surface area contributed by atoms with Crippen molar-refractivity contribution in [2.45, 2.75) is 26.7 Å². The summed E-state index contributed by atoms with van der Waals surface area (Å²) in [6, 6.07) is 33.7. The summed E-state index contributed by atoms with van der Waals surface area (Å²) in [6.07, 6.45) is 0. The number of nitrogens with zero attached hydrogens (tertiary/aromatic N) is 8. The van der Waals surface area contributed by atoms with E-state index in [9.17, 15) is 0 Å². The molecular weight excluding hydrogens is 2410 g/mol. The van der Waals surface area contributed by atoms with E-state index in [1.807, 2.05) is 30.3 Å². The second kappa shape index (κ2) is 44.0. The minimum absolute atomic E-state index is 0. The van der Waals surface area contributed by atoms with Crippen LogP contribution in [0.1, 0.15) is 38.9 Å². The van der Waals surface area contributed by atoms with Crippen molar-refractivity contribution in [1.82, 2.24) is 9.13 Å². The molecule has 1 spiro atoms. The van der Waals surface area contributed by atoms with Crippen LogP contribution in [0.4, 0.5) is 11.6 Å². The zero-order chi connectivity index (χ0) is 28.8. The maximum absolute atomic E-state index is 5.49. The number of fused-ring (bicyclic) bond motifs is 12. The van der Waals surface area contributed by atoms with Gasteiger partial charge in [-0.1, -0.05) is 47.9 Å². The molecule has 2 aromatic heterocycles. The van der Waals surface area contributed by atoms with Gasteiger partial charge in [0.15, 0.2) is 5.84 Å². The zero-order valence-electron chi connectivity index (χ0n) is 35.8. The third-order valence-electron chi connectivity index (χ3n) is 9.94. The van der Waals surface area contributed by atoms with Gasteiger partial charge >= 0.3 is 5.91 Å². The van der Waals surface area contributed by atoms with Gasteiger partial charge < -0.3 is 0 Å². The van der Waals surface area contributed by atoms with Gasteiger partial charge in [0.05, 0.1) is 11.3 Å². The van der Waals surface area contributed by atoms with Gasteiger partial charge in [-0.15, -0.1) is 76.3 Å². The fourth-order valence-corrected chi connectivity index (χ4v) is 8.23. The van der Waals surface area contributed by atoms with Crippen molar-refractivity contribution >= 4 is 56.5 Å². The van der Waals surface area contributed by atoms with Gasteiger partial charge in [0.1, 0.15) is 23.0 Å². The largest absolute Gasteiger partial charge is 0.359 e. The van der Waals surface area contributed by atoms with Crippen molar-refractivity contribution in [2.24, 2.45) is 20.0 Å². The molecule has 4 aromatic carbocycles. The van der Waals surface area contributed by atoms with Crippen molar-refractivity contribution in [2.75, 3.05) is 0 Å². The number of benzene rings is 4. The molecule has 6 aliphatic rings. The van der Waals surface area contributed by atoms with Gasteiger partial charge in [-0.2, -0.15) is 21.1 Å². The molecule has 29 heteroatoms. The zero-order valence-corrected chi connectivity index (χ0v) is 95.4. The predicted octanol–water partition coefficient (Wildman–Crippen LogP) is 3.58. The summed E-state index contributed by atoms with van der Waals surface area (Å²) in [5.74, 6) is 3.80. The van der Waals surface area contributed by atoms with Crippen LogP contribution in [0.2, 0.25) is 0 Å². The Morgan fingerprint density at radius 1 is 0.400 bits per heavy atom. The number of aromatic nitrogens is 2. The summed E-state index contributed by atoms with van der Waals surface area (Å²) >= 11 is 0. The monoisotopic (exact) mass is 2430 g/mol. The molecule has 12 rings (SSSR count). The van der Waals surface area contributed by atoms with Crippen LogP contribution in [0.15, 0.2) is 68.5 Å². The molecule has 0 bridgehead atoms. The Balaban J connectivity index is -0.000000180. The Morgan fingerprint density at radius 2 is 0.862 bits per heavy atom. The average Bonchev–Trinajstić information content (AvgIpc) is 3.75. The third-order valence-corrected chi connectivity index (χ3v) is 9.94. The molecule has 0 aliphatic carbocycles. The van der Waals surface area contributed by atoms with E-state index in [1.54, 1.807) is 0 Å². The number of amidine groups is 4. The predicted molar refractivity (Wildman–Crippen MR) is 162 cm³/mol. The maximum atomic E-state index is 5.49. The average molecular weight is 2430 g/mol. The smallest absolute Gasteiger partial charge is 0.260 e. The van der Waals surface area contributed by atoms with Crippen LogP contribution >= 0.6 is 0 Å². The van der Waals surface area contributed by atoms with Crippen LogP contribution in [-0.2, 0) is 693 Å². The number of aliphatic imine (C=N–C) groups is 2. The number of hydrogen-bond acceptors (Lipinski definition) is 4. The quantitative estimate of drug-likeness (QED) is 0.165. The van der Waals surface area contributed by atoms with Crippen LogP contribution in [0.3, 0.4) is 0 Å². The van der Waals surface area contributed by atoms with Gasteiger partial charge in [0.2, 0.25) is 5.84 Å². The molecular formula is C36H17N8Y21-3. The Hall–Kier alpha value is 17.4. The molecule has 0 saturated carbocycles. The Morgan fingerprint density at radius 3 is 1.45 bits per heavy atom. The van der Waals surface area contributed by atoms with Crippen molar-refractivity contribution in [3.63, 3.8) is 0 Å². The van der Waals surface area contributed by atoms with E-state index >= 15 is 0 Å². The Bertz CT molecular complexity index is 2860. The molecule has 0 N–H and O–H groups in total. The fraction of sp³-hybridized carbons (Fsp3) is 0.111. The summed E-state index contributed by atoms with van der Waals surface area (Å²) in [6.45, 7) is 6.41. The minimum Gasteiger partial charge on any atom is -0.260 e. The van der Waals surface area contributed by atoms with E-state index in [4.69, 9.17) is 20.0 Å². The fourth-order valence-electron chi connectivity index (χ4n) is 8.23. The first kappa shape index (κ1) is 104. The summed E-state index contributed by atoms with van der Waals surface area (Å²) in [5, 5.41) is 3.97. The van der Waals surface area contributed by atoms with Crippen molar-refractivity contribution in [1.29, 1.82) is 0 Å². The van der Waals surface area contributed by atoms with Crippen LogP contribution in [0.5, 0.6) is 0 Å². The molecule has 8 heterocycles. The van der Waals surface area contributed by atoms with E-state index in [0.29, 0.717) is 0 Å². The normalized spacial score (nSPS) is 13.7. The van der Waals surface area contributed by atoms with Gasteiger partial charge in [-0.25, -0.2) is 33.8 Å². The molecule has 267 valence electrons. The van der Waals surface area contributed by atoms with Crippen molar-refractivity contribution < 1.29 is 696 Å². The molecule has 1 atom stereocenters. The molecule has 8 nitrogen and oxygen atoms in total. The van der Waals surface area contributed by atoms with Gasteiger partial charge in [0.25, 0.3) is 0 Å². The van der Waals surface area contributed by atoms with E-state index in [2.05, 4.69) is 87.6 Å². The van der Waals surface area contributed by atoms with E-state index < -0.39 is 5.91 Å². The topological polar surface area (TPSA) is 65.3 Å². The second-order valence-corrected chi connectivity index (χ2v) is 12.1. The van der Waals surface area contributed by atoms with Gasteiger partial charge in [-0.3, -0.25) is 13.7 Å². The molecule has 21 radical (unpaired) electrons. The van der Waals surface area contributed by atoms with Crippen LogP contribution < -0.4 is 11.0 Å². The molecule has 0 saturated heterocycles. The van der Waals surface area contributed by atoms with E-state index in [-0.39, 0.29) is 687 Å². The van der Waals surface area contributed by atoms with Gasteiger partial charge in [-0.05, 0) is 5.56 Å². The second-order valence-electron chi connectivity index (χ2n) is 12.1. The van der Waals surface area contributed by atoms with E-state index in [0.717, 1.165) is 106 Å². The maximum Gasteiger partial charge on any atom is 0.359 e. The SMILES string of the molecule is Cc1cc[c-]c2c1C1=Nc3c4[c-]ccc(C)c4c4n3[C@@]35n6c(c7[c-]ccc(C)c7c6=N4)=NC4=[N+]3C(=NC2=[N+]15)c1[c-]cc[c-]c14.[Y].[Y].[Y].[Y].[Y].[Y].[Y].[Y].[Y].[Y].[Y].[Y].[Y].[Y].[Y].[Y].[Y].[Y].[Y].[Y].[Y].